The standard InChI is InChI=1S/C15H33N.CH2BN/c1-4-5-6-7-8-9-10-11-12-13-14-15(2,3)16;2-1-3/h4-14,16H2,1-3H3;2H2. The second-order valence-corrected chi connectivity index (χ2v) is 6.14. The van der Waals surface area contributed by atoms with Crippen molar-refractivity contribution in [2.45, 2.75) is 96.9 Å². The van der Waals surface area contributed by atoms with Gasteiger partial charge in [-0.15, -0.1) is 0 Å². The lowest BCUT2D eigenvalue weighted by molar-refractivity contribution is 0.440. The molecule has 112 valence electrons. The van der Waals surface area contributed by atoms with E-state index in [4.69, 9.17) is 11.0 Å². The first kappa shape index (κ1) is 20.8. The summed E-state index contributed by atoms with van der Waals surface area (Å²) in [6.07, 6.45) is 15.2. The third kappa shape index (κ3) is 26.9. The summed E-state index contributed by atoms with van der Waals surface area (Å²) < 4.78 is 0. The molecular formula is C16H35BN2. The summed E-state index contributed by atoms with van der Waals surface area (Å²) in [5.41, 5.74) is 5.99. The number of rotatable bonds is 11. The molecule has 0 aromatic rings. The van der Waals surface area contributed by atoms with E-state index in [9.17, 15) is 0 Å². The van der Waals surface area contributed by atoms with Crippen molar-refractivity contribution >= 4 is 7.85 Å². The normalized spacial score (nSPS) is 10.5. The Hall–Kier alpha value is -0.485. The minimum absolute atomic E-state index is 0.0418. The van der Waals surface area contributed by atoms with Gasteiger partial charge in [0.1, 0.15) is 0 Å². The summed E-state index contributed by atoms with van der Waals surface area (Å²) >= 11 is 0. The second kappa shape index (κ2) is 15.6. The van der Waals surface area contributed by atoms with Crippen molar-refractivity contribution in [3.8, 4) is 5.97 Å². The fourth-order valence-corrected chi connectivity index (χ4v) is 2.07. The molecule has 0 aromatic heterocycles. The SMILES string of the molecule is BC#N.CCCCCCCCCCCCC(C)(C)N. The average molecular weight is 266 g/mol. The Bertz CT molecular complexity index is 204. The van der Waals surface area contributed by atoms with Gasteiger partial charge in [0.2, 0.25) is 7.85 Å². The molecule has 0 heterocycles. The molecule has 0 atom stereocenters. The minimum atomic E-state index is 0.0418. The van der Waals surface area contributed by atoms with E-state index in [0.29, 0.717) is 0 Å². The highest BCUT2D eigenvalue weighted by atomic mass is 14.7. The summed E-state index contributed by atoms with van der Waals surface area (Å²) in [4.78, 5) is 0. The van der Waals surface area contributed by atoms with Crippen LogP contribution in [0.15, 0.2) is 0 Å². The smallest absolute Gasteiger partial charge is 0.232 e. The first-order valence-electron chi connectivity index (χ1n) is 8.07. The first-order valence-corrected chi connectivity index (χ1v) is 8.07. The van der Waals surface area contributed by atoms with Crippen LogP contribution in [-0.4, -0.2) is 13.4 Å². The molecule has 0 aliphatic rings. The Labute approximate surface area is 122 Å². The van der Waals surface area contributed by atoms with E-state index in [1.165, 1.54) is 78.5 Å². The zero-order valence-electron chi connectivity index (χ0n) is 13.8. The minimum Gasteiger partial charge on any atom is -0.326 e. The molecule has 19 heavy (non-hydrogen) atoms. The Morgan fingerprint density at radius 1 is 0.895 bits per heavy atom. The Morgan fingerprint density at radius 3 is 1.53 bits per heavy atom. The van der Waals surface area contributed by atoms with Crippen LogP contribution in [0.25, 0.3) is 0 Å². The van der Waals surface area contributed by atoms with E-state index >= 15 is 0 Å². The van der Waals surface area contributed by atoms with Gasteiger partial charge in [-0.05, 0) is 26.2 Å². The number of hydrogen-bond donors (Lipinski definition) is 1. The maximum absolute atomic E-state index is 7.32. The monoisotopic (exact) mass is 266 g/mol. The summed E-state index contributed by atoms with van der Waals surface area (Å²) in [7, 11) is 1.43. The van der Waals surface area contributed by atoms with Crippen molar-refractivity contribution in [1.82, 2.24) is 0 Å². The number of unbranched alkanes of at least 4 members (excludes halogenated alkanes) is 9. The van der Waals surface area contributed by atoms with Gasteiger partial charge in [-0.25, -0.2) is 5.26 Å². The molecule has 3 heteroatoms. The van der Waals surface area contributed by atoms with Gasteiger partial charge in [0, 0.05) is 5.54 Å². The van der Waals surface area contributed by atoms with Gasteiger partial charge in [0.05, 0.1) is 0 Å². The molecule has 0 saturated carbocycles. The van der Waals surface area contributed by atoms with Gasteiger partial charge in [0.15, 0.2) is 0 Å². The van der Waals surface area contributed by atoms with E-state index in [0.717, 1.165) is 0 Å². The van der Waals surface area contributed by atoms with Crippen LogP contribution < -0.4 is 5.73 Å². The van der Waals surface area contributed by atoms with E-state index in [-0.39, 0.29) is 5.54 Å². The number of nitrogens with zero attached hydrogens (tertiary/aromatic N) is 1. The van der Waals surface area contributed by atoms with Crippen LogP contribution in [0.4, 0.5) is 0 Å². The summed E-state index contributed by atoms with van der Waals surface area (Å²) in [5.74, 6) is 1.75. The molecule has 0 unspecified atom stereocenters. The zero-order chi connectivity index (χ0) is 15.0. The second-order valence-electron chi connectivity index (χ2n) is 6.14. The van der Waals surface area contributed by atoms with Gasteiger partial charge < -0.3 is 5.73 Å². The molecule has 0 saturated heterocycles. The molecule has 0 aliphatic heterocycles. The maximum Gasteiger partial charge on any atom is 0.232 e. The molecule has 0 bridgehead atoms. The van der Waals surface area contributed by atoms with E-state index < -0.39 is 0 Å². The zero-order valence-corrected chi connectivity index (χ0v) is 13.8. The molecule has 2 nitrogen and oxygen atoms in total. The lowest BCUT2D eigenvalue weighted by atomic mass is 9.97. The molecular weight excluding hydrogens is 231 g/mol. The van der Waals surface area contributed by atoms with Crippen LogP contribution in [0.1, 0.15) is 91.4 Å². The molecule has 0 aromatic carbocycles. The molecule has 0 fully saturated rings. The van der Waals surface area contributed by atoms with Gasteiger partial charge in [0.25, 0.3) is 0 Å². The van der Waals surface area contributed by atoms with Crippen LogP contribution in [-0.2, 0) is 0 Å². The third-order valence-electron chi connectivity index (χ3n) is 3.17. The summed E-state index contributed by atoms with van der Waals surface area (Å²) in [6.45, 7) is 6.53. The molecule has 0 rings (SSSR count). The Balaban J connectivity index is 0. The first-order chi connectivity index (χ1) is 8.97. The molecule has 0 radical (unpaired) electrons. The predicted molar refractivity (Wildman–Crippen MR) is 88.9 cm³/mol. The summed E-state index contributed by atoms with van der Waals surface area (Å²) in [6, 6.07) is 0. The number of nitrogens with two attached hydrogens (primary N) is 1. The van der Waals surface area contributed by atoms with E-state index in [2.05, 4.69) is 20.8 Å². The fourth-order valence-electron chi connectivity index (χ4n) is 2.07. The number of hydrogen-bond acceptors (Lipinski definition) is 2. The van der Waals surface area contributed by atoms with Crippen molar-refractivity contribution in [1.29, 1.82) is 5.26 Å². The lowest BCUT2D eigenvalue weighted by Gasteiger charge is -2.17. The van der Waals surface area contributed by atoms with E-state index in [1.807, 2.05) is 0 Å². The van der Waals surface area contributed by atoms with Crippen LogP contribution in [0.3, 0.4) is 0 Å². The van der Waals surface area contributed by atoms with Gasteiger partial charge in [-0.1, -0.05) is 71.1 Å². The number of nitriles is 1. The summed E-state index contributed by atoms with van der Waals surface area (Å²) in [5, 5.41) is 7.32. The Kier molecular flexibility index (Phi) is 17.1. The molecule has 2 N–H and O–H groups in total. The highest BCUT2D eigenvalue weighted by molar-refractivity contribution is 6.20. The van der Waals surface area contributed by atoms with Gasteiger partial charge in [-0.2, -0.15) is 0 Å². The van der Waals surface area contributed by atoms with E-state index in [1.54, 1.807) is 5.97 Å². The largest absolute Gasteiger partial charge is 0.326 e. The third-order valence-corrected chi connectivity index (χ3v) is 3.17. The van der Waals surface area contributed by atoms with Crippen molar-refractivity contribution in [3.05, 3.63) is 0 Å². The molecule has 0 aliphatic carbocycles. The van der Waals surface area contributed by atoms with Gasteiger partial charge in [-0.3, -0.25) is 0 Å². The van der Waals surface area contributed by atoms with Gasteiger partial charge >= 0.3 is 0 Å². The topological polar surface area (TPSA) is 49.8 Å². The maximum atomic E-state index is 7.32. The average Bonchev–Trinajstić information content (AvgIpc) is 2.31. The van der Waals surface area contributed by atoms with Crippen molar-refractivity contribution in [2.75, 3.05) is 0 Å². The molecule has 0 amide bonds. The predicted octanol–water partition coefficient (Wildman–Crippen LogP) is 4.14. The van der Waals surface area contributed by atoms with Crippen LogP contribution in [0.5, 0.6) is 0 Å². The Morgan fingerprint density at radius 2 is 1.21 bits per heavy atom. The highest BCUT2D eigenvalue weighted by Crippen LogP contribution is 2.14. The highest BCUT2D eigenvalue weighted by Gasteiger charge is 2.08. The van der Waals surface area contributed by atoms with Crippen molar-refractivity contribution < 1.29 is 0 Å². The lowest BCUT2D eigenvalue weighted by Crippen LogP contribution is -2.31. The van der Waals surface area contributed by atoms with Crippen molar-refractivity contribution in [2.24, 2.45) is 5.73 Å². The van der Waals surface area contributed by atoms with Crippen LogP contribution >= 0.6 is 0 Å². The van der Waals surface area contributed by atoms with Crippen molar-refractivity contribution in [3.63, 3.8) is 0 Å². The van der Waals surface area contributed by atoms with Crippen LogP contribution in [0, 0.1) is 11.2 Å². The quantitative estimate of drug-likeness (QED) is 0.451. The van der Waals surface area contributed by atoms with Crippen LogP contribution in [0.2, 0.25) is 0 Å². The fraction of sp³-hybridized carbons (Fsp3) is 0.938. The molecule has 0 spiro atoms.